The fraction of sp³-hybridized carbons (Fsp3) is 1.00. The zero-order chi connectivity index (χ0) is 9.14. The van der Waals surface area contributed by atoms with Crippen molar-refractivity contribution in [2.75, 3.05) is 20.6 Å². The minimum atomic E-state index is 0.670. The molecular weight excluding hydrogens is 148 g/mol. The van der Waals surface area contributed by atoms with Crippen LogP contribution in [-0.4, -0.2) is 42.6 Å². The molecule has 0 aliphatic carbocycles. The molecule has 1 saturated heterocycles. The van der Waals surface area contributed by atoms with Gasteiger partial charge < -0.3 is 0 Å². The van der Waals surface area contributed by atoms with Gasteiger partial charge in [-0.05, 0) is 33.4 Å². The van der Waals surface area contributed by atoms with Crippen LogP contribution in [0.4, 0.5) is 0 Å². The second kappa shape index (κ2) is 4.24. The van der Waals surface area contributed by atoms with Crippen LogP contribution in [0, 0.1) is 0 Å². The lowest BCUT2D eigenvalue weighted by Crippen LogP contribution is -2.54. The Labute approximate surface area is 76.5 Å². The largest absolute Gasteiger partial charge is 0.291 e. The first kappa shape index (κ1) is 10.0. The second-order valence-electron chi connectivity index (χ2n) is 3.89. The van der Waals surface area contributed by atoms with Crippen molar-refractivity contribution in [3.63, 3.8) is 0 Å². The third kappa shape index (κ3) is 1.80. The molecule has 0 bridgehead atoms. The average Bonchev–Trinajstić information content (AvgIpc) is 2.06. The lowest BCUT2D eigenvalue weighted by Gasteiger charge is -2.44. The van der Waals surface area contributed by atoms with Gasteiger partial charge >= 0.3 is 0 Å². The van der Waals surface area contributed by atoms with Crippen LogP contribution in [0.3, 0.4) is 0 Å². The van der Waals surface area contributed by atoms with E-state index in [4.69, 9.17) is 0 Å². The number of hydrogen-bond donors (Lipinski definition) is 0. The highest BCUT2D eigenvalue weighted by Crippen LogP contribution is 2.20. The maximum Gasteiger partial charge on any atom is 0.0617 e. The van der Waals surface area contributed by atoms with Gasteiger partial charge in [0.25, 0.3) is 0 Å². The van der Waals surface area contributed by atoms with Gasteiger partial charge in [-0.3, -0.25) is 9.80 Å². The molecule has 2 heteroatoms. The van der Waals surface area contributed by atoms with E-state index < -0.39 is 0 Å². The summed E-state index contributed by atoms with van der Waals surface area (Å²) in [6, 6.07) is 0.811. The minimum absolute atomic E-state index is 0.670. The van der Waals surface area contributed by atoms with Crippen molar-refractivity contribution in [3.05, 3.63) is 0 Å². The Balaban J connectivity index is 2.56. The molecule has 0 amide bonds. The molecule has 1 aliphatic rings. The van der Waals surface area contributed by atoms with Crippen LogP contribution in [0.2, 0.25) is 0 Å². The summed E-state index contributed by atoms with van der Waals surface area (Å²) in [5.74, 6) is 0. The highest BCUT2D eigenvalue weighted by atomic mass is 15.4. The Morgan fingerprint density at radius 3 is 2.33 bits per heavy atom. The van der Waals surface area contributed by atoms with Crippen LogP contribution in [0.5, 0.6) is 0 Å². The van der Waals surface area contributed by atoms with Crippen molar-refractivity contribution in [3.8, 4) is 0 Å². The van der Waals surface area contributed by atoms with Gasteiger partial charge in [0.2, 0.25) is 0 Å². The summed E-state index contributed by atoms with van der Waals surface area (Å²) in [7, 11) is 4.49. The maximum absolute atomic E-state index is 2.53. The van der Waals surface area contributed by atoms with E-state index in [1.54, 1.807) is 0 Å². The highest BCUT2D eigenvalue weighted by molar-refractivity contribution is 4.80. The zero-order valence-electron chi connectivity index (χ0n) is 8.88. The Bertz CT molecular complexity index is 136. The molecule has 1 heterocycles. The van der Waals surface area contributed by atoms with Crippen LogP contribution >= 0.6 is 0 Å². The van der Waals surface area contributed by atoms with Crippen molar-refractivity contribution >= 4 is 0 Å². The Kier molecular flexibility index (Phi) is 3.53. The lowest BCUT2D eigenvalue weighted by atomic mass is 10.0. The number of hydrogen-bond acceptors (Lipinski definition) is 2. The summed E-state index contributed by atoms with van der Waals surface area (Å²) < 4.78 is 0. The summed E-state index contributed by atoms with van der Waals surface area (Å²) in [5.41, 5.74) is 0. The standard InChI is InChI=1S/C10H22N2/c1-5-9-7-8-11(3)10(6-2)12(9)4/h9-10H,5-8H2,1-4H3. The monoisotopic (exact) mass is 170 g/mol. The van der Waals surface area contributed by atoms with Crippen molar-refractivity contribution < 1.29 is 0 Å². The van der Waals surface area contributed by atoms with E-state index in [1.165, 1.54) is 25.8 Å². The molecule has 2 unspecified atom stereocenters. The minimum Gasteiger partial charge on any atom is -0.291 e. The van der Waals surface area contributed by atoms with Crippen LogP contribution in [0.1, 0.15) is 33.1 Å². The summed E-state index contributed by atoms with van der Waals surface area (Å²) >= 11 is 0. The number of rotatable bonds is 2. The molecule has 0 aromatic carbocycles. The molecule has 1 fully saturated rings. The lowest BCUT2D eigenvalue weighted by molar-refractivity contribution is -0.00296. The molecule has 0 aromatic rings. The Morgan fingerprint density at radius 1 is 1.17 bits per heavy atom. The molecule has 0 spiro atoms. The van der Waals surface area contributed by atoms with Gasteiger partial charge in [-0.1, -0.05) is 13.8 Å². The molecule has 0 saturated carbocycles. The van der Waals surface area contributed by atoms with Crippen LogP contribution < -0.4 is 0 Å². The summed E-state index contributed by atoms with van der Waals surface area (Å²) in [4.78, 5) is 5.00. The normalized spacial score (nSPS) is 34.0. The van der Waals surface area contributed by atoms with E-state index >= 15 is 0 Å². The fourth-order valence-corrected chi connectivity index (χ4v) is 2.35. The molecule has 1 aliphatic heterocycles. The van der Waals surface area contributed by atoms with E-state index in [0.29, 0.717) is 6.17 Å². The molecule has 1 rings (SSSR count). The van der Waals surface area contributed by atoms with Crippen LogP contribution in [0.15, 0.2) is 0 Å². The first-order valence-electron chi connectivity index (χ1n) is 5.12. The first-order chi connectivity index (χ1) is 5.70. The van der Waals surface area contributed by atoms with Crippen molar-refractivity contribution in [2.24, 2.45) is 0 Å². The van der Waals surface area contributed by atoms with Crippen LogP contribution in [-0.2, 0) is 0 Å². The van der Waals surface area contributed by atoms with Gasteiger partial charge in [0, 0.05) is 12.6 Å². The topological polar surface area (TPSA) is 6.48 Å². The molecule has 2 atom stereocenters. The van der Waals surface area contributed by atoms with Gasteiger partial charge in [0.05, 0.1) is 6.17 Å². The van der Waals surface area contributed by atoms with Crippen molar-refractivity contribution in [1.82, 2.24) is 9.80 Å². The quantitative estimate of drug-likeness (QED) is 0.623. The van der Waals surface area contributed by atoms with Gasteiger partial charge in [0.1, 0.15) is 0 Å². The smallest absolute Gasteiger partial charge is 0.0617 e. The molecule has 12 heavy (non-hydrogen) atoms. The molecule has 2 nitrogen and oxygen atoms in total. The molecule has 0 aromatic heterocycles. The van der Waals surface area contributed by atoms with Crippen molar-refractivity contribution in [2.45, 2.75) is 45.3 Å². The van der Waals surface area contributed by atoms with E-state index in [1.807, 2.05) is 0 Å². The number of nitrogens with zero attached hydrogens (tertiary/aromatic N) is 2. The SMILES string of the molecule is CCC1CCN(C)C(CC)N1C. The van der Waals surface area contributed by atoms with E-state index in [9.17, 15) is 0 Å². The van der Waals surface area contributed by atoms with E-state index in [2.05, 4.69) is 37.7 Å². The van der Waals surface area contributed by atoms with Gasteiger partial charge in [0.15, 0.2) is 0 Å². The van der Waals surface area contributed by atoms with E-state index in [0.717, 1.165) is 6.04 Å². The summed E-state index contributed by atoms with van der Waals surface area (Å²) in [6.45, 7) is 5.83. The Hall–Kier alpha value is -0.0800. The zero-order valence-corrected chi connectivity index (χ0v) is 8.88. The third-order valence-electron chi connectivity index (χ3n) is 3.21. The first-order valence-corrected chi connectivity index (χ1v) is 5.12. The Morgan fingerprint density at radius 2 is 1.83 bits per heavy atom. The van der Waals surface area contributed by atoms with E-state index in [-0.39, 0.29) is 0 Å². The summed E-state index contributed by atoms with van der Waals surface area (Å²) in [6.07, 6.45) is 4.54. The highest BCUT2D eigenvalue weighted by Gasteiger charge is 2.28. The third-order valence-corrected chi connectivity index (χ3v) is 3.21. The van der Waals surface area contributed by atoms with Crippen molar-refractivity contribution in [1.29, 1.82) is 0 Å². The van der Waals surface area contributed by atoms with Gasteiger partial charge in [-0.25, -0.2) is 0 Å². The predicted molar refractivity (Wildman–Crippen MR) is 53.2 cm³/mol. The molecular formula is C10H22N2. The molecule has 0 N–H and O–H groups in total. The average molecular weight is 170 g/mol. The van der Waals surface area contributed by atoms with Crippen LogP contribution in [0.25, 0.3) is 0 Å². The predicted octanol–water partition coefficient (Wildman–Crippen LogP) is 1.77. The van der Waals surface area contributed by atoms with Gasteiger partial charge in [-0.2, -0.15) is 0 Å². The maximum atomic E-state index is 2.53. The van der Waals surface area contributed by atoms with Gasteiger partial charge in [-0.15, -0.1) is 0 Å². The molecule has 0 radical (unpaired) electrons. The summed E-state index contributed by atoms with van der Waals surface area (Å²) in [5, 5.41) is 0. The molecule has 72 valence electrons. The fourth-order valence-electron chi connectivity index (χ4n) is 2.35. The second-order valence-corrected chi connectivity index (χ2v) is 3.89.